The van der Waals surface area contributed by atoms with Gasteiger partial charge in [0.25, 0.3) is 0 Å². The van der Waals surface area contributed by atoms with Gasteiger partial charge in [-0.25, -0.2) is 19.9 Å². The van der Waals surface area contributed by atoms with Crippen molar-refractivity contribution in [3.05, 3.63) is 164 Å². The first kappa shape index (κ1) is 28.5. The molecule has 0 saturated heterocycles. The monoisotopic (exact) mass is 657 g/mol. The Morgan fingerprint density at radius 3 is 1.70 bits per heavy atom. The van der Waals surface area contributed by atoms with Crippen molar-refractivity contribution in [2.24, 2.45) is 0 Å². The van der Waals surface area contributed by atoms with Crippen LogP contribution in [0.25, 0.3) is 93.2 Å². The number of aromatic nitrogens is 5. The molecular weight excluding hydrogens is 631 g/mol. The smallest absolute Gasteiger partial charge is 0.235 e. The standard InChI is InChI=1S/C44H27N5S/c1-4-14-28(15-5-1)35-27-36(29-16-6-2-7-17-29)46-43(45-35)31-24-25-38-34(26-31)32-20-10-12-22-37(32)49(38)44-47-40(30-18-8-3-9-19-30)42-41(48-44)33-21-11-13-23-39(33)50-42/h1-27H. The van der Waals surface area contributed by atoms with E-state index in [0.717, 1.165) is 76.7 Å². The van der Waals surface area contributed by atoms with Crippen molar-refractivity contribution >= 4 is 53.4 Å². The molecule has 0 atom stereocenters. The molecule has 4 aromatic heterocycles. The van der Waals surface area contributed by atoms with E-state index in [0.29, 0.717) is 11.8 Å². The predicted octanol–water partition coefficient (Wildman–Crippen LogP) is 11.4. The summed E-state index contributed by atoms with van der Waals surface area (Å²) in [6.07, 6.45) is 0. The molecule has 0 aliphatic rings. The second-order valence-corrected chi connectivity index (χ2v) is 13.3. The molecule has 0 aliphatic carbocycles. The Kier molecular flexibility index (Phi) is 6.60. The molecule has 0 radical (unpaired) electrons. The lowest BCUT2D eigenvalue weighted by molar-refractivity contribution is 1.02. The summed E-state index contributed by atoms with van der Waals surface area (Å²) in [7, 11) is 0. The minimum absolute atomic E-state index is 0.646. The maximum Gasteiger partial charge on any atom is 0.235 e. The van der Waals surface area contributed by atoms with E-state index >= 15 is 0 Å². The zero-order valence-corrected chi connectivity index (χ0v) is 27.5. The third-order valence-electron chi connectivity index (χ3n) is 9.25. The van der Waals surface area contributed by atoms with E-state index in [2.05, 4.69) is 126 Å². The summed E-state index contributed by atoms with van der Waals surface area (Å²) < 4.78 is 4.49. The molecule has 0 N–H and O–H groups in total. The molecule has 50 heavy (non-hydrogen) atoms. The Morgan fingerprint density at radius 1 is 0.420 bits per heavy atom. The van der Waals surface area contributed by atoms with Gasteiger partial charge < -0.3 is 0 Å². The zero-order valence-electron chi connectivity index (χ0n) is 26.7. The summed E-state index contributed by atoms with van der Waals surface area (Å²) in [5, 5.41) is 3.35. The number of hydrogen-bond donors (Lipinski definition) is 0. The normalized spacial score (nSPS) is 11.6. The van der Waals surface area contributed by atoms with Crippen LogP contribution in [0.2, 0.25) is 0 Å². The average Bonchev–Trinajstić information content (AvgIpc) is 3.74. The summed E-state index contributed by atoms with van der Waals surface area (Å²) >= 11 is 1.75. The molecule has 0 amide bonds. The van der Waals surface area contributed by atoms with Crippen molar-refractivity contribution in [1.29, 1.82) is 0 Å². The van der Waals surface area contributed by atoms with Gasteiger partial charge in [0.05, 0.1) is 38.3 Å². The number of nitrogens with zero attached hydrogens (tertiary/aromatic N) is 5. The summed E-state index contributed by atoms with van der Waals surface area (Å²) in [5.74, 6) is 1.32. The maximum absolute atomic E-state index is 5.32. The third-order valence-corrected chi connectivity index (χ3v) is 10.4. The molecule has 5 nitrogen and oxygen atoms in total. The number of benzene rings is 6. The van der Waals surface area contributed by atoms with E-state index in [4.69, 9.17) is 19.9 Å². The van der Waals surface area contributed by atoms with Gasteiger partial charge in [0, 0.05) is 43.1 Å². The molecule has 10 aromatic rings. The van der Waals surface area contributed by atoms with Gasteiger partial charge in [-0.05, 0) is 36.4 Å². The fourth-order valence-corrected chi connectivity index (χ4v) is 8.04. The molecule has 0 spiro atoms. The molecule has 0 aliphatic heterocycles. The Morgan fingerprint density at radius 2 is 1.00 bits per heavy atom. The number of thiophene rings is 1. The van der Waals surface area contributed by atoms with Gasteiger partial charge in [0.1, 0.15) is 0 Å². The van der Waals surface area contributed by atoms with Gasteiger partial charge >= 0.3 is 0 Å². The van der Waals surface area contributed by atoms with E-state index in [1.54, 1.807) is 11.3 Å². The Balaban J connectivity index is 1.21. The SMILES string of the molecule is c1ccc(-c2cc(-c3ccccc3)nc(-c3ccc4c(c3)c3ccccc3n4-c3nc(-c4ccccc4)c4sc5ccccc5c4n3)n2)cc1. The minimum atomic E-state index is 0.646. The highest BCUT2D eigenvalue weighted by Crippen LogP contribution is 2.40. The van der Waals surface area contributed by atoms with E-state index in [1.807, 2.05) is 42.5 Å². The molecule has 0 saturated carbocycles. The molecule has 6 aromatic carbocycles. The first-order valence-electron chi connectivity index (χ1n) is 16.6. The second kappa shape index (κ2) is 11.6. The first-order valence-corrected chi connectivity index (χ1v) is 17.4. The van der Waals surface area contributed by atoms with Crippen LogP contribution in [0.1, 0.15) is 0 Å². The van der Waals surface area contributed by atoms with Crippen LogP contribution < -0.4 is 0 Å². The van der Waals surface area contributed by atoms with Crippen LogP contribution in [0.5, 0.6) is 0 Å². The number of rotatable bonds is 5. The molecule has 234 valence electrons. The van der Waals surface area contributed by atoms with Crippen molar-refractivity contribution in [1.82, 2.24) is 24.5 Å². The number of hydrogen-bond acceptors (Lipinski definition) is 5. The lowest BCUT2D eigenvalue weighted by Crippen LogP contribution is -2.02. The largest absolute Gasteiger partial charge is 0.278 e. The summed E-state index contributed by atoms with van der Waals surface area (Å²) in [6, 6.07) is 56.6. The second-order valence-electron chi connectivity index (χ2n) is 12.3. The lowest BCUT2D eigenvalue weighted by atomic mass is 10.1. The van der Waals surface area contributed by atoms with Gasteiger partial charge in [0.15, 0.2) is 5.82 Å². The van der Waals surface area contributed by atoms with Gasteiger partial charge in [0.2, 0.25) is 5.95 Å². The van der Waals surface area contributed by atoms with E-state index in [1.165, 1.54) is 4.70 Å². The summed E-state index contributed by atoms with van der Waals surface area (Å²) in [5.41, 5.74) is 9.86. The van der Waals surface area contributed by atoms with Crippen LogP contribution in [-0.4, -0.2) is 24.5 Å². The third kappa shape index (κ3) is 4.69. The van der Waals surface area contributed by atoms with E-state index < -0.39 is 0 Å². The number of fused-ring (bicyclic) bond motifs is 6. The molecule has 6 heteroatoms. The highest BCUT2D eigenvalue weighted by Gasteiger charge is 2.21. The van der Waals surface area contributed by atoms with Gasteiger partial charge in [-0.3, -0.25) is 4.57 Å². The van der Waals surface area contributed by atoms with Crippen LogP contribution in [-0.2, 0) is 0 Å². The quantitative estimate of drug-likeness (QED) is 0.185. The molecule has 4 heterocycles. The van der Waals surface area contributed by atoms with Crippen LogP contribution in [0.15, 0.2) is 164 Å². The number of para-hydroxylation sites is 1. The fourth-order valence-electron chi connectivity index (χ4n) is 6.89. The van der Waals surface area contributed by atoms with Crippen molar-refractivity contribution in [3.8, 4) is 51.1 Å². The van der Waals surface area contributed by atoms with Gasteiger partial charge in [-0.2, -0.15) is 0 Å². The van der Waals surface area contributed by atoms with Crippen molar-refractivity contribution in [2.75, 3.05) is 0 Å². The van der Waals surface area contributed by atoms with Crippen LogP contribution in [0.3, 0.4) is 0 Å². The highest BCUT2D eigenvalue weighted by atomic mass is 32.1. The molecular formula is C44H27N5S. The zero-order chi connectivity index (χ0) is 33.0. The molecule has 0 fully saturated rings. The topological polar surface area (TPSA) is 56.5 Å². The minimum Gasteiger partial charge on any atom is -0.278 e. The fraction of sp³-hybridized carbons (Fsp3) is 0. The Hall–Kier alpha value is -6.50. The van der Waals surface area contributed by atoms with Crippen LogP contribution in [0.4, 0.5) is 0 Å². The van der Waals surface area contributed by atoms with Gasteiger partial charge in [-0.15, -0.1) is 11.3 Å². The Bertz CT molecular complexity index is 2800. The summed E-state index contributed by atoms with van der Waals surface area (Å²) in [6.45, 7) is 0. The van der Waals surface area contributed by atoms with Crippen LogP contribution in [0, 0.1) is 0 Å². The molecule has 0 bridgehead atoms. The highest BCUT2D eigenvalue weighted by molar-refractivity contribution is 7.26. The Labute approximate surface area is 291 Å². The first-order chi connectivity index (χ1) is 24.8. The van der Waals surface area contributed by atoms with Gasteiger partial charge in [-0.1, -0.05) is 127 Å². The predicted molar refractivity (Wildman–Crippen MR) is 207 cm³/mol. The molecule has 10 rings (SSSR count). The molecule has 0 unspecified atom stereocenters. The van der Waals surface area contributed by atoms with Crippen molar-refractivity contribution in [2.45, 2.75) is 0 Å². The maximum atomic E-state index is 5.32. The average molecular weight is 658 g/mol. The summed E-state index contributed by atoms with van der Waals surface area (Å²) in [4.78, 5) is 20.8. The van der Waals surface area contributed by atoms with Crippen molar-refractivity contribution < 1.29 is 0 Å². The van der Waals surface area contributed by atoms with E-state index in [-0.39, 0.29) is 0 Å². The van der Waals surface area contributed by atoms with E-state index in [9.17, 15) is 0 Å². The lowest BCUT2D eigenvalue weighted by Gasteiger charge is -2.11. The van der Waals surface area contributed by atoms with Crippen LogP contribution >= 0.6 is 11.3 Å². The van der Waals surface area contributed by atoms with Crippen molar-refractivity contribution in [3.63, 3.8) is 0 Å².